The number of allylic oxidation sites excluding steroid dienone is 4. The van der Waals surface area contributed by atoms with E-state index in [0.29, 0.717) is 0 Å². The maximum Gasteiger partial charge on any atom is 0.300 e. The molecular weight excluding hydrogens is 320 g/mol. The molecule has 0 spiro atoms. The molecule has 1 aliphatic carbocycles. The summed E-state index contributed by atoms with van der Waals surface area (Å²) in [6.45, 7) is 16.4. The molecule has 1 rings (SSSR count). The molecule has 0 saturated heterocycles. The van der Waals surface area contributed by atoms with E-state index in [-0.39, 0.29) is 0 Å². The molecule has 2 heteroatoms. The molecule has 26 heavy (non-hydrogen) atoms. The molecule has 0 heterocycles. The molecule has 1 aliphatic rings. The smallest absolute Gasteiger partial charge is 0.300 e. The van der Waals surface area contributed by atoms with Crippen LogP contribution in [0.5, 0.6) is 0 Å². The second kappa shape index (κ2) is 23.9. The minimum atomic E-state index is -0.833. The van der Waals surface area contributed by atoms with Crippen LogP contribution >= 0.6 is 0 Å². The van der Waals surface area contributed by atoms with Gasteiger partial charge in [-0.25, -0.2) is 0 Å². The van der Waals surface area contributed by atoms with E-state index < -0.39 is 5.97 Å². The van der Waals surface area contributed by atoms with Crippen molar-refractivity contribution >= 4 is 5.97 Å². The zero-order valence-electron chi connectivity index (χ0n) is 19.1. The Morgan fingerprint density at radius 3 is 1.96 bits per heavy atom. The summed E-state index contributed by atoms with van der Waals surface area (Å²) in [5, 5.41) is 7.42. The molecule has 0 bridgehead atoms. The van der Waals surface area contributed by atoms with Crippen LogP contribution in [0, 0.1) is 17.8 Å². The van der Waals surface area contributed by atoms with Gasteiger partial charge in [0.15, 0.2) is 0 Å². The minimum absolute atomic E-state index is 0.796. The average Bonchev–Trinajstić information content (AvgIpc) is 2.99. The van der Waals surface area contributed by atoms with Gasteiger partial charge in [-0.2, -0.15) is 0 Å². The number of aliphatic carboxylic acids is 1. The van der Waals surface area contributed by atoms with E-state index in [1.54, 1.807) is 0 Å². The van der Waals surface area contributed by atoms with Crippen molar-refractivity contribution in [2.75, 3.05) is 0 Å². The molecule has 1 saturated carbocycles. The Kier molecular flexibility index (Phi) is 27.4. The standard InChI is InChI=1S/C15H28.C4H8.C3H8.C2H4O2/c1-4-5-6-8-13(2)11-12-15-10-7-9-14(15)3;1-3-4-2;1-3-2;1-2(3)4/h11-15H,4-10H2,1-3H3;3-4H,1-2H3;3H2,1-2H3;1H3,(H,3,4)/b12-11+;4-3-;;/t13-,14+,15-;;;/m0.../s1. The summed E-state index contributed by atoms with van der Waals surface area (Å²) >= 11 is 0. The van der Waals surface area contributed by atoms with Gasteiger partial charge in [-0.3, -0.25) is 4.79 Å². The highest BCUT2D eigenvalue weighted by Gasteiger charge is 2.20. The normalized spacial score (nSPS) is 19.7. The van der Waals surface area contributed by atoms with Crippen molar-refractivity contribution in [3.8, 4) is 0 Å². The summed E-state index contributed by atoms with van der Waals surface area (Å²) < 4.78 is 0. The first-order chi connectivity index (χ1) is 12.3. The minimum Gasteiger partial charge on any atom is -0.481 e. The van der Waals surface area contributed by atoms with Crippen LogP contribution in [0.4, 0.5) is 0 Å². The zero-order chi connectivity index (χ0) is 20.8. The zero-order valence-corrected chi connectivity index (χ0v) is 19.1. The van der Waals surface area contributed by atoms with E-state index in [0.717, 1.165) is 24.7 Å². The maximum absolute atomic E-state index is 9.00. The van der Waals surface area contributed by atoms with Gasteiger partial charge in [0.2, 0.25) is 0 Å². The maximum atomic E-state index is 9.00. The number of hydrogen-bond acceptors (Lipinski definition) is 1. The predicted octanol–water partition coefficient (Wildman–Crippen LogP) is 8.28. The Morgan fingerprint density at radius 1 is 1.12 bits per heavy atom. The van der Waals surface area contributed by atoms with Crippen LogP contribution in [0.3, 0.4) is 0 Å². The van der Waals surface area contributed by atoms with Crippen molar-refractivity contribution in [2.45, 2.75) is 107 Å². The van der Waals surface area contributed by atoms with Crippen LogP contribution in [0.2, 0.25) is 0 Å². The molecule has 0 aromatic rings. The third kappa shape index (κ3) is 27.8. The lowest BCUT2D eigenvalue weighted by Crippen LogP contribution is -2.00. The summed E-state index contributed by atoms with van der Waals surface area (Å²) in [7, 11) is 0. The molecule has 0 unspecified atom stereocenters. The number of rotatable bonds is 6. The fourth-order valence-electron chi connectivity index (χ4n) is 2.60. The quantitative estimate of drug-likeness (QED) is 0.378. The van der Waals surface area contributed by atoms with Crippen molar-refractivity contribution in [3.05, 3.63) is 24.3 Å². The molecular formula is C24H48O2. The average molecular weight is 369 g/mol. The van der Waals surface area contributed by atoms with Crippen molar-refractivity contribution in [1.29, 1.82) is 0 Å². The number of carbonyl (C=O) groups is 1. The Labute approximate surface area is 165 Å². The molecule has 1 fully saturated rings. The lowest BCUT2D eigenvalue weighted by molar-refractivity contribution is -0.134. The molecule has 0 aliphatic heterocycles. The monoisotopic (exact) mass is 368 g/mol. The molecule has 156 valence electrons. The summed E-state index contributed by atoms with van der Waals surface area (Å²) in [5.74, 6) is 1.78. The fraction of sp³-hybridized carbons (Fsp3) is 0.792. The largest absolute Gasteiger partial charge is 0.481 e. The summed E-state index contributed by atoms with van der Waals surface area (Å²) in [5.41, 5.74) is 0. The first-order valence-corrected chi connectivity index (χ1v) is 10.7. The molecule has 0 amide bonds. The Morgan fingerprint density at radius 2 is 1.62 bits per heavy atom. The molecule has 0 aromatic heterocycles. The van der Waals surface area contributed by atoms with Gasteiger partial charge in [0, 0.05) is 6.92 Å². The summed E-state index contributed by atoms with van der Waals surface area (Å²) in [6.07, 6.45) is 20.1. The van der Waals surface area contributed by atoms with Crippen LogP contribution in [-0.4, -0.2) is 11.1 Å². The van der Waals surface area contributed by atoms with Gasteiger partial charge in [0.1, 0.15) is 0 Å². The fourth-order valence-corrected chi connectivity index (χ4v) is 2.60. The topological polar surface area (TPSA) is 37.3 Å². The van der Waals surface area contributed by atoms with Gasteiger partial charge in [-0.05, 0) is 44.4 Å². The highest BCUT2D eigenvalue weighted by atomic mass is 16.4. The van der Waals surface area contributed by atoms with E-state index in [9.17, 15) is 0 Å². The molecule has 0 aromatic carbocycles. The van der Waals surface area contributed by atoms with Gasteiger partial charge >= 0.3 is 0 Å². The molecule has 0 radical (unpaired) electrons. The van der Waals surface area contributed by atoms with Crippen LogP contribution in [-0.2, 0) is 4.79 Å². The molecule has 3 atom stereocenters. The van der Waals surface area contributed by atoms with E-state index >= 15 is 0 Å². The second-order valence-electron chi connectivity index (χ2n) is 7.32. The lowest BCUT2D eigenvalue weighted by Gasteiger charge is -2.11. The highest BCUT2D eigenvalue weighted by Crippen LogP contribution is 2.32. The van der Waals surface area contributed by atoms with Gasteiger partial charge in [-0.15, -0.1) is 0 Å². The SMILES string of the molecule is C/C=C\C.CC(=O)O.CCC.CCCCC[C@H](C)/C=C/[C@@H]1CCC[C@H]1C. The highest BCUT2D eigenvalue weighted by molar-refractivity contribution is 5.62. The van der Waals surface area contributed by atoms with Crippen LogP contribution in [0.15, 0.2) is 24.3 Å². The van der Waals surface area contributed by atoms with E-state index in [1.165, 1.54) is 51.4 Å². The van der Waals surface area contributed by atoms with Crippen LogP contribution in [0.25, 0.3) is 0 Å². The summed E-state index contributed by atoms with van der Waals surface area (Å²) in [6, 6.07) is 0. The molecule has 2 nitrogen and oxygen atoms in total. The first-order valence-electron chi connectivity index (χ1n) is 10.7. The summed E-state index contributed by atoms with van der Waals surface area (Å²) in [4.78, 5) is 9.00. The van der Waals surface area contributed by atoms with Gasteiger partial charge < -0.3 is 5.11 Å². The van der Waals surface area contributed by atoms with Crippen molar-refractivity contribution in [3.63, 3.8) is 0 Å². The predicted molar refractivity (Wildman–Crippen MR) is 119 cm³/mol. The van der Waals surface area contributed by atoms with E-state index in [4.69, 9.17) is 9.90 Å². The van der Waals surface area contributed by atoms with Crippen molar-refractivity contribution in [1.82, 2.24) is 0 Å². The Balaban J connectivity index is -0.000000396. The van der Waals surface area contributed by atoms with E-state index in [1.807, 2.05) is 26.0 Å². The third-order valence-electron chi connectivity index (χ3n) is 4.21. The van der Waals surface area contributed by atoms with Crippen molar-refractivity contribution in [2.24, 2.45) is 17.8 Å². The Bertz CT molecular complexity index is 323. The van der Waals surface area contributed by atoms with Gasteiger partial charge in [0.25, 0.3) is 5.97 Å². The molecule has 1 N–H and O–H groups in total. The number of unbranched alkanes of at least 4 members (excludes halogenated alkanes) is 2. The number of hydrogen-bond donors (Lipinski definition) is 1. The Hall–Kier alpha value is -1.05. The van der Waals surface area contributed by atoms with Gasteiger partial charge in [-0.1, -0.05) is 97.4 Å². The third-order valence-corrected chi connectivity index (χ3v) is 4.21. The van der Waals surface area contributed by atoms with Crippen molar-refractivity contribution < 1.29 is 9.90 Å². The van der Waals surface area contributed by atoms with Crippen LogP contribution < -0.4 is 0 Å². The number of carboxylic acid groups (broad SMARTS) is 1. The van der Waals surface area contributed by atoms with Crippen LogP contribution in [0.1, 0.15) is 107 Å². The lowest BCUT2D eigenvalue weighted by atomic mass is 9.95. The second-order valence-corrected chi connectivity index (χ2v) is 7.32. The van der Waals surface area contributed by atoms with E-state index in [2.05, 4.69) is 46.8 Å². The van der Waals surface area contributed by atoms with Gasteiger partial charge in [0.05, 0.1) is 0 Å². The number of carboxylic acids is 1. The first kappa shape index (κ1) is 29.7.